The van der Waals surface area contributed by atoms with Gasteiger partial charge in [-0.15, -0.1) is 0 Å². The van der Waals surface area contributed by atoms with Gasteiger partial charge >= 0.3 is 6.09 Å². The lowest BCUT2D eigenvalue weighted by Gasteiger charge is -2.35. The molecule has 1 fully saturated rings. The first-order valence-electron chi connectivity index (χ1n) is 9.37. The van der Waals surface area contributed by atoms with Crippen molar-refractivity contribution in [2.24, 2.45) is 0 Å². The summed E-state index contributed by atoms with van der Waals surface area (Å²) in [4.78, 5) is 14.0. The molecule has 1 aliphatic heterocycles. The highest BCUT2D eigenvalue weighted by Crippen LogP contribution is 2.30. The topological polar surface area (TPSA) is 88.2 Å². The maximum atomic E-state index is 13.1. The minimum absolute atomic E-state index is 0.0956. The number of para-hydroxylation sites is 1. The molecular formula is C20H25N3O5S. The third kappa shape index (κ3) is 4.80. The van der Waals surface area contributed by atoms with Crippen LogP contribution >= 0.6 is 0 Å². The standard InChI is InChI=1S/C20H25N3O5S/c1-3-28-20(24)21-18-15-17(9-10-19(18)27-2)29(25,26)23-13-11-22(12-14-23)16-7-5-4-6-8-16/h4-10,15H,3,11-14H2,1-2H3,(H,21,24). The fourth-order valence-corrected chi connectivity index (χ4v) is 4.65. The summed E-state index contributed by atoms with van der Waals surface area (Å²) < 4.78 is 37.8. The Morgan fingerprint density at radius 1 is 1.07 bits per heavy atom. The number of methoxy groups -OCH3 is 1. The van der Waals surface area contributed by atoms with Crippen molar-refractivity contribution in [1.29, 1.82) is 0 Å². The molecule has 0 saturated carbocycles. The molecule has 0 unspecified atom stereocenters. The Hall–Kier alpha value is -2.78. The van der Waals surface area contributed by atoms with E-state index in [2.05, 4.69) is 10.2 Å². The van der Waals surface area contributed by atoms with Crippen molar-refractivity contribution < 1.29 is 22.7 Å². The zero-order valence-corrected chi connectivity index (χ0v) is 17.3. The van der Waals surface area contributed by atoms with E-state index in [9.17, 15) is 13.2 Å². The molecule has 1 amide bonds. The van der Waals surface area contributed by atoms with Crippen LogP contribution in [0.3, 0.4) is 0 Å². The average molecular weight is 420 g/mol. The van der Waals surface area contributed by atoms with Gasteiger partial charge in [-0.1, -0.05) is 18.2 Å². The summed E-state index contributed by atoms with van der Waals surface area (Å²) in [5.41, 5.74) is 1.32. The van der Waals surface area contributed by atoms with Crippen molar-refractivity contribution in [3.05, 3.63) is 48.5 Å². The first-order chi connectivity index (χ1) is 14.0. The molecule has 0 aliphatic carbocycles. The van der Waals surface area contributed by atoms with Crippen LogP contribution in [0.2, 0.25) is 0 Å². The van der Waals surface area contributed by atoms with E-state index in [0.29, 0.717) is 31.9 Å². The van der Waals surface area contributed by atoms with Crippen LogP contribution in [0.15, 0.2) is 53.4 Å². The number of hydrogen-bond acceptors (Lipinski definition) is 6. The van der Waals surface area contributed by atoms with Gasteiger partial charge in [0.15, 0.2) is 0 Å². The fraction of sp³-hybridized carbons (Fsp3) is 0.350. The zero-order valence-electron chi connectivity index (χ0n) is 16.5. The molecule has 2 aromatic rings. The summed E-state index contributed by atoms with van der Waals surface area (Å²) in [5, 5.41) is 2.53. The number of carbonyl (C=O) groups excluding carboxylic acids is 1. The second-order valence-electron chi connectivity index (χ2n) is 6.43. The van der Waals surface area contributed by atoms with Crippen LogP contribution in [0.5, 0.6) is 5.75 Å². The maximum absolute atomic E-state index is 13.1. The summed E-state index contributed by atoms with van der Waals surface area (Å²) in [5.74, 6) is 0.353. The van der Waals surface area contributed by atoms with E-state index >= 15 is 0 Å². The number of hydrogen-bond donors (Lipinski definition) is 1. The van der Waals surface area contributed by atoms with E-state index in [1.807, 2.05) is 30.3 Å². The van der Waals surface area contributed by atoms with Crippen molar-refractivity contribution in [2.45, 2.75) is 11.8 Å². The number of rotatable bonds is 6. The highest BCUT2D eigenvalue weighted by atomic mass is 32.2. The van der Waals surface area contributed by atoms with Crippen LogP contribution in [-0.4, -0.2) is 58.7 Å². The van der Waals surface area contributed by atoms with E-state index in [-0.39, 0.29) is 17.2 Å². The number of sulfonamides is 1. The quantitative estimate of drug-likeness (QED) is 0.775. The molecular weight excluding hydrogens is 394 g/mol. The summed E-state index contributed by atoms with van der Waals surface area (Å²) in [6, 6.07) is 14.3. The molecule has 0 bridgehead atoms. The summed E-state index contributed by atoms with van der Waals surface area (Å²) in [7, 11) is -2.26. The molecule has 0 spiro atoms. The first kappa shape index (κ1) is 20.9. The SMILES string of the molecule is CCOC(=O)Nc1cc(S(=O)(=O)N2CCN(c3ccccc3)CC2)ccc1OC. The molecule has 2 aromatic carbocycles. The van der Waals surface area contributed by atoms with Gasteiger partial charge in [0.25, 0.3) is 0 Å². The molecule has 1 aliphatic rings. The second-order valence-corrected chi connectivity index (χ2v) is 8.37. The molecule has 0 radical (unpaired) electrons. The lowest BCUT2D eigenvalue weighted by molar-refractivity contribution is 0.168. The predicted molar refractivity (Wildman–Crippen MR) is 111 cm³/mol. The molecule has 1 N–H and O–H groups in total. The van der Waals surface area contributed by atoms with E-state index in [1.54, 1.807) is 6.92 Å². The number of amides is 1. The third-order valence-electron chi connectivity index (χ3n) is 4.68. The van der Waals surface area contributed by atoms with E-state index < -0.39 is 16.1 Å². The lowest BCUT2D eigenvalue weighted by Crippen LogP contribution is -2.48. The molecule has 0 aromatic heterocycles. The molecule has 156 valence electrons. The van der Waals surface area contributed by atoms with Crippen molar-refractivity contribution in [3.63, 3.8) is 0 Å². The van der Waals surface area contributed by atoms with E-state index in [4.69, 9.17) is 9.47 Å². The number of ether oxygens (including phenoxy) is 2. The Balaban J connectivity index is 1.76. The van der Waals surface area contributed by atoms with Crippen molar-refractivity contribution >= 4 is 27.5 Å². The van der Waals surface area contributed by atoms with E-state index in [0.717, 1.165) is 5.69 Å². The lowest BCUT2D eigenvalue weighted by atomic mass is 10.2. The van der Waals surface area contributed by atoms with Gasteiger partial charge in [0, 0.05) is 31.9 Å². The summed E-state index contributed by atoms with van der Waals surface area (Å²) in [6.07, 6.45) is -0.670. The van der Waals surface area contributed by atoms with Gasteiger partial charge in [-0.3, -0.25) is 5.32 Å². The number of nitrogens with one attached hydrogen (secondary N) is 1. The average Bonchev–Trinajstić information content (AvgIpc) is 2.74. The molecule has 1 heterocycles. The Kier molecular flexibility index (Phi) is 6.60. The van der Waals surface area contributed by atoms with Gasteiger partial charge in [0.05, 0.1) is 24.3 Å². The van der Waals surface area contributed by atoms with Crippen LogP contribution in [0.4, 0.5) is 16.2 Å². The van der Waals surface area contributed by atoms with Crippen LogP contribution in [0.1, 0.15) is 6.92 Å². The minimum Gasteiger partial charge on any atom is -0.495 e. The van der Waals surface area contributed by atoms with Gasteiger partial charge in [-0.2, -0.15) is 4.31 Å². The molecule has 0 atom stereocenters. The van der Waals surface area contributed by atoms with Crippen LogP contribution in [-0.2, 0) is 14.8 Å². The number of piperazine rings is 1. The normalized spacial score (nSPS) is 15.0. The predicted octanol–water partition coefficient (Wildman–Crippen LogP) is 2.77. The van der Waals surface area contributed by atoms with Crippen LogP contribution in [0, 0.1) is 0 Å². The highest BCUT2D eigenvalue weighted by molar-refractivity contribution is 7.89. The Morgan fingerprint density at radius 2 is 1.76 bits per heavy atom. The van der Waals surface area contributed by atoms with Gasteiger partial charge in [-0.05, 0) is 37.3 Å². The monoisotopic (exact) mass is 419 g/mol. The maximum Gasteiger partial charge on any atom is 0.411 e. The molecule has 3 rings (SSSR count). The van der Waals surface area contributed by atoms with Gasteiger partial charge in [-0.25, -0.2) is 13.2 Å². The smallest absolute Gasteiger partial charge is 0.411 e. The fourth-order valence-electron chi connectivity index (χ4n) is 3.20. The molecule has 1 saturated heterocycles. The molecule has 8 nitrogen and oxygen atoms in total. The second kappa shape index (κ2) is 9.15. The third-order valence-corrected chi connectivity index (χ3v) is 6.58. The Morgan fingerprint density at radius 3 is 2.38 bits per heavy atom. The first-order valence-corrected chi connectivity index (χ1v) is 10.8. The van der Waals surface area contributed by atoms with E-state index in [1.165, 1.54) is 29.6 Å². The summed E-state index contributed by atoms with van der Waals surface area (Å²) >= 11 is 0. The molecule has 9 heteroatoms. The minimum atomic E-state index is -3.70. The zero-order chi connectivity index (χ0) is 20.9. The number of anilines is 2. The van der Waals surface area contributed by atoms with Crippen molar-refractivity contribution in [2.75, 3.05) is 50.1 Å². The number of nitrogens with zero attached hydrogens (tertiary/aromatic N) is 2. The van der Waals surface area contributed by atoms with Crippen molar-refractivity contribution in [1.82, 2.24) is 4.31 Å². The van der Waals surface area contributed by atoms with Gasteiger partial charge < -0.3 is 14.4 Å². The van der Waals surface area contributed by atoms with Crippen molar-refractivity contribution in [3.8, 4) is 5.75 Å². The van der Waals surface area contributed by atoms with Gasteiger partial charge in [0.1, 0.15) is 5.75 Å². The summed E-state index contributed by atoms with van der Waals surface area (Å²) in [6.45, 7) is 3.86. The van der Waals surface area contributed by atoms with Gasteiger partial charge in [0.2, 0.25) is 10.0 Å². The van der Waals surface area contributed by atoms with Crippen LogP contribution in [0.25, 0.3) is 0 Å². The largest absolute Gasteiger partial charge is 0.495 e. The van der Waals surface area contributed by atoms with Crippen LogP contribution < -0.4 is 15.0 Å². The number of carbonyl (C=O) groups is 1. The Bertz CT molecular complexity index is 942. The number of benzene rings is 2. The highest BCUT2D eigenvalue weighted by Gasteiger charge is 2.29. The Labute approximate surface area is 171 Å². The molecule has 29 heavy (non-hydrogen) atoms.